The second kappa shape index (κ2) is 7.73. The van der Waals surface area contributed by atoms with Gasteiger partial charge in [0, 0.05) is 0 Å². The molecule has 3 nitrogen and oxygen atoms in total. The SMILES string of the molecule is O=C(OCc1cccc(Oc2ccccc2)c1)C1CC1C=C(Cl)Cl. The van der Waals surface area contributed by atoms with Crippen molar-refractivity contribution in [2.24, 2.45) is 11.8 Å². The summed E-state index contributed by atoms with van der Waals surface area (Å²) in [6.07, 6.45) is 2.42. The van der Waals surface area contributed by atoms with E-state index in [9.17, 15) is 4.79 Å². The number of allylic oxidation sites excluding steroid dienone is 1. The fourth-order valence-electron chi connectivity index (χ4n) is 2.42. The maximum atomic E-state index is 12.0. The van der Waals surface area contributed by atoms with Gasteiger partial charge in [-0.2, -0.15) is 0 Å². The molecule has 0 N–H and O–H groups in total. The van der Waals surface area contributed by atoms with Gasteiger partial charge in [-0.05, 0) is 42.2 Å². The van der Waals surface area contributed by atoms with Crippen LogP contribution in [0.3, 0.4) is 0 Å². The van der Waals surface area contributed by atoms with Crippen molar-refractivity contribution >= 4 is 29.2 Å². The number of ether oxygens (including phenoxy) is 2. The van der Waals surface area contributed by atoms with Crippen LogP contribution in [0.1, 0.15) is 12.0 Å². The summed E-state index contributed by atoms with van der Waals surface area (Å²) in [5.41, 5.74) is 0.875. The maximum absolute atomic E-state index is 12.0. The molecule has 2 aromatic rings. The first-order valence-corrected chi connectivity index (χ1v) is 8.39. The summed E-state index contributed by atoms with van der Waals surface area (Å²) in [5.74, 6) is 1.20. The zero-order valence-electron chi connectivity index (χ0n) is 12.8. The van der Waals surface area contributed by atoms with Crippen LogP contribution >= 0.6 is 23.2 Å². The minimum absolute atomic E-state index is 0.0928. The Labute approximate surface area is 150 Å². The van der Waals surface area contributed by atoms with Gasteiger partial charge in [0.05, 0.1) is 5.92 Å². The van der Waals surface area contributed by atoms with Crippen LogP contribution in [0.25, 0.3) is 0 Å². The Hall–Kier alpha value is -1.97. The second-order valence-corrected chi connectivity index (χ2v) is 6.64. The third-order valence-electron chi connectivity index (χ3n) is 3.74. The van der Waals surface area contributed by atoms with E-state index in [1.165, 1.54) is 0 Å². The lowest BCUT2D eigenvalue weighted by molar-refractivity contribution is -0.146. The maximum Gasteiger partial charge on any atom is 0.309 e. The predicted octanol–water partition coefficient (Wildman–Crippen LogP) is 5.48. The molecule has 0 aromatic heterocycles. The quantitative estimate of drug-likeness (QED) is 0.638. The molecule has 0 heterocycles. The number of para-hydroxylation sites is 1. The van der Waals surface area contributed by atoms with Gasteiger partial charge in [-0.25, -0.2) is 0 Å². The molecule has 1 fully saturated rings. The number of esters is 1. The third-order valence-corrected chi connectivity index (χ3v) is 3.99. The number of hydrogen-bond acceptors (Lipinski definition) is 3. The zero-order valence-corrected chi connectivity index (χ0v) is 14.3. The molecular weight excluding hydrogens is 347 g/mol. The summed E-state index contributed by atoms with van der Waals surface area (Å²) < 4.78 is 11.3. The van der Waals surface area contributed by atoms with Gasteiger partial charge < -0.3 is 9.47 Å². The van der Waals surface area contributed by atoms with Gasteiger partial charge in [-0.15, -0.1) is 0 Å². The summed E-state index contributed by atoms with van der Waals surface area (Å²) >= 11 is 11.2. The highest BCUT2D eigenvalue weighted by Crippen LogP contribution is 2.42. The monoisotopic (exact) mass is 362 g/mol. The number of benzene rings is 2. The molecule has 124 valence electrons. The number of rotatable bonds is 6. The minimum Gasteiger partial charge on any atom is -0.461 e. The van der Waals surface area contributed by atoms with E-state index in [2.05, 4.69) is 0 Å². The van der Waals surface area contributed by atoms with Gasteiger partial charge in [-0.3, -0.25) is 4.79 Å². The lowest BCUT2D eigenvalue weighted by Crippen LogP contribution is -2.07. The first kappa shape index (κ1) is 16.9. The standard InChI is InChI=1S/C19H16Cl2O3/c20-18(21)11-14-10-17(14)19(22)23-12-13-5-4-8-16(9-13)24-15-6-2-1-3-7-15/h1-9,11,14,17H,10,12H2. The third kappa shape index (κ3) is 4.76. The molecule has 5 heteroatoms. The van der Waals surface area contributed by atoms with Crippen LogP contribution in [-0.4, -0.2) is 5.97 Å². The average Bonchev–Trinajstić information content (AvgIpc) is 3.32. The molecule has 1 aliphatic carbocycles. The summed E-state index contributed by atoms with van der Waals surface area (Å²) in [5, 5.41) is 0. The van der Waals surface area contributed by atoms with Crippen molar-refractivity contribution in [3.05, 3.63) is 70.7 Å². The molecule has 2 atom stereocenters. The number of carbonyl (C=O) groups excluding carboxylic acids is 1. The lowest BCUT2D eigenvalue weighted by Gasteiger charge is -2.08. The van der Waals surface area contributed by atoms with Crippen molar-refractivity contribution in [1.29, 1.82) is 0 Å². The first-order chi connectivity index (χ1) is 11.6. The highest BCUT2D eigenvalue weighted by molar-refractivity contribution is 6.55. The van der Waals surface area contributed by atoms with Crippen molar-refractivity contribution in [2.75, 3.05) is 0 Å². The fourth-order valence-corrected chi connectivity index (χ4v) is 2.74. The first-order valence-electron chi connectivity index (χ1n) is 7.63. The van der Waals surface area contributed by atoms with Crippen LogP contribution in [-0.2, 0) is 16.1 Å². The second-order valence-electron chi connectivity index (χ2n) is 5.63. The molecule has 0 amide bonds. The van der Waals surface area contributed by atoms with Gasteiger partial charge in [0.2, 0.25) is 0 Å². The number of carbonyl (C=O) groups is 1. The van der Waals surface area contributed by atoms with Crippen molar-refractivity contribution in [3.63, 3.8) is 0 Å². The van der Waals surface area contributed by atoms with Crippen LogP contribution in [0.4, 0.5) is 0 Å². The highest BCUT2D eigenvalue weighted by atomic mass is 35.5. The van der Waals surface area contributed by atoms with E-state index in [0.717, 1.165) is 17.7 Å². The van der Waals surface area contributed by atoms with Gasteiger partial charge >= 0.3 is 5.97 Å². The highest BCUT2D eigenvalue weighted by Gasteiger charge is 2.42. The molecule has 0 spiro atoms. The summed E-state index contributed by atoms with van der Waals surface area (Å²) in [6, 6.07) is 17.0. The molecule has 1 aliphatic rings. The molecule has 0 bridgehead atoms. The van der Waals surface area contributed by atoms with Crippen LogP contribution in [0, 0.1) is 11.8 Å². The Balaban J connectivity index is 1.54. The molecule has 1 saturated carbocycles. The molecule has 3 rings (SSSR count). The Morgan fingerprint density at radius 1 is 1.08 bits per heavy atom. The fraction of sp³-hybridized carbons (Fsp3) is 0.211. The molecule has 2 unspecified atom stereocenters. The molecular formula is C19H16Cl2O3. The molecule has 0 radical (unpaired) electrons. The van der Waals surface area contributed by atoms with Crippen molar-refractivity contribution in [1.82, 2.24) is 0 Å². The van der Waals surface area contributed by atoms with Crippen LogP contribution in [0.2, 0.25) is 0 Å². The predicted molar refractivity (Wildman–Crippen MR) is 94.1 cm³/mol. The number of hydrogen-bond donors (Lipinski definition) is 0. The van der Waals surface area contributed by atoms with E-state index in [-0.39, 0.29) is 28.9 Å². The van der Waals surface area contributed by atoms with E-state index >= 15 is 0 Å². The topological polar surface area (TPSA) is 35.5 Å². The molecule has 0 saturated heterocycles. The van der Waals surface area contributed by atoms with E-state index < -0.39 is 0 Å². The van der Waals surface area contributed by atoms with E-state index in [1.54, 1.807) is 6.08 Å². The normalized spacial score (nSPS) is 18.6. The van der Waals surface area contributed by atoms with Crippen molar-refractivity contribution < 1.29 is 14.3 Å². The largest absolute Gasteiger partial charge is 0.461 e. The Kier molecular flexibility index (Phi) is 5.44. The lowest BCUT2D eigenvalue weighted by atomic mass is 10.2. The van der Waals surface area contributed by atoms with E-state index in [1.807, 2.05) is 54.6 Å². The smallest absolute Gasteiger partial charge is 0.309 e. The average molecular weight is 363 g/mol. The van der Waals surface area contributed by atoms with E-state index in [4.69, 9.17) is 32.7 Å². The summed E-state index contributed by atoms with van der Waals surface area (Å²) in [6.45, 7) is 0.215. The minimum atomic E-state index is -0.222. The molecule has 0 aliphatic heterocycles. The Bertz CT molecular complexity index is 739. The Morgan fingerprint density at radius 2 is 1.83 bits per heavy atom. The van der Waals surface area contributed by atoms with Crippen molar-refractivity contribution in [3.8, 4) is 11.5 Å². The van der Waals surface area contributed by atoms with Gasteiger partial charge in [-0.1, -0.05) is 59.6 Å². The van der Waals surface area contributed by atoms with Crippen LogP contribution in [0.15, 0.2) is 65.2 Å². The molecule has 2 aromatic carbocycles. The van der Waals surface area contributed by atoms with Crippen LogP contribution < -0.4 is 4.74 Å². The van der Waals surface area contributed by atoms with Gasteiger partial charge in [0.1, 0.15) is 22.6 Å². The number of halogens is 2. The van der Waals surface area contributed by atoms with Crippen LogP contribution in [0.5, 0.6) is 11.5 Å². The van der Waals surface area contributed by atoms with Gasteiger partial charge in [0.25, 0.3) is 0 Å². The Morgan fingerprint density at radius 3 is 2.58 bits per heavy atom. The summed E-state index contributed by atoms with van der Waals surface area (Å²) in [4.78, 5) is 12.0. The summed E-state index contributed by atoms with van der Waals surface area (Å²) in [7, 11) is 0. The zero-order chi connectivity index (χ0) is 16.9. The van der Waals surface area contributed by atoms with Gasteiger partial charge in [0.15, 0.2) is 0 Å². The van der Waals surface area contributed by atoms with E-state index in [0.29, 0.717) is 5.75 Å². The van der Waals surface area contributed by atoms with Crippen molar-refractivity contribution in [2.45, 2.75) is 13.0 Å². The molecule has 24 heavy (non-hydrogen) atoms.